The van der Waals surface area contributed by atoms with Gasteiger partial charge >= 0.3 is 0 Å². The molecular formula is C11H16BrNO3S. The van der Waals surface area contributed by atoms with Crippen molar-refractivity contribution in [2.45, 2.75) is 13.0 Å². The van der Waals surface area contributed by atoms with Crippen LogP contribution in [0.4, 0.5) is 0 Å². The van der Waals surface area contributed by atoms with Crippen LogP contribution in [0.3, 0.4) is 0 Å². The normalized spacial score (nSPS) is 13.4. The van der Waals surface area contributed by atoms with E-state index in [1.54, 1.807) is 6.07 Å². The first-order valence-corrected chi connectivity index (χ1v) is 8.00. The molecule has 4 nitrogen and oxygen atoms in total. The lowest BCUT2D eigenvalue weighted by atomic mass is 10.1. The second-order valence-corrected chi connectivity index (χ2v) is 7.12. The molecule has 0 amide bonds. The molecule has 0 saturated carbocycles. The van der Waals surface area contributed by atoms with Crippen molar-refractivity contribution in [3.63, 3.8) is 0 Å². The van der Waals surface area contributed by atoms with Crippen molar-refractivity contribution in [1.82, 2.24) is 0 Å². The molecule has 0 aliphatic carbocycles. The van der Waals surface area contributed by atoms with Gasteiger partial charge in [-0.1, -0.05) is 15.9 Å². The van der Waals surface area contributed by atoms with Gasteiger partial charge in [0, 0.05) is 22.3 Å². The van der Waals surface area contributed by atoms with E-state index in [0.29, 0.717) is 5.75 Å². The van der Waals surface area contributed by atoms with Crippen LogP contribution in [0, 0.1) is 0 Å². The highest BCUT2D eigenvalue weighted by Crippen LogP contribution is 2.27. The molecule has 0 bridgehead atoms. The topological polar surface area (TPSA) is 69.4 Å². The van der Waals surface area contributed by atoms with Gasteiger partial charge in [0.2, 0.25) is 0 Å². The number of nitrogens with two attached hydrogens (primary N) is 1. The minimum absolute atomic E-state index is 0.00144. The van der Waals surface area contributed by atoms with E-state index >= 15 is 0 Å². The van der Waals surface area contributed by atoms with E-state index in [9.17, 15) is 8.42 Å². The van der Waals surface area contributed by atoms with Crippen molar-refractivity contribution < 1.29 is 13.2 Å². The average Bonchev–Trinajstić information content (AvgIpc) is 2.18. The molecule has 0 saturated heterocycles. The first-order valence-electron chi connectivity index (χ1n) is 5.15. The Morgan fingerprint density at radius 1 is 1.47 bits per heavy atom. The largest absolute Gasteiger partial charge is 0.492 e. The number of hydrogen-bond acceptors (Lipinski definition) is 4. The number of benzene rings is 1. The zero-order chi connectivity index (χ0) is 13.1. The second-order valence-electron chi connectivity index (χ2n) is 3.95. The van der Waals surface area contributed by atoms with Crippen LogP contribution in [0.15, 0.2) is 22.7 Å². The molecule has 1 aromatic rings. The Hall–Kier alpha value is -0.590. The number of rotatable bonds is 5. The lowest BCUT2D eigenvalue weighted by Gasteiger charge is -2.14. The van der Waals surface area contributed by atoms with E-state index in [2.05, 4.69) is 15.9 Å². The summed E-state index contributed by atoms with van der Waals surface area (Å²) in [6, 6.07) is 5.33. The predicted octanol–water partition coefficient (Wildman–Crippen LogP) is 1.89. The van der Waals surface area contributed by atoms with Crippen LogP contribution in [0.1, 0.15) is 18.5 Å². The zero-order valence-corrected chi connectivity index (χ0v) is 12.2. The van der Waals surface area contributed by atoms with Crippen molar-refractivity contribution in [3.05, 3.63) is 28.2 Å². The summed E-state index contributed by atoms with van der Waals surface area (Å²) in [4.78, 5) is 0. The highest BCUT2D eigenvalue weighted by Gasteiger charge is 2.10. The SMILES string of the molecule is C[C@@H](N)c1cc(Br)ccc1OCCS(C)(=O)=O. The van der Waals surface area contributed by atoms with Gasteiger partial charge in [0.25, 0.3) is 0 Å². The van der Waals surface area contributed by atoms with Crippen molar-refractivity contribution in [2.75, 3.05) is 18.6 Å². The summed E-state index contributed by atoms with van der Waals surface area (Å²) in [5.74, 6) is 0.633. The summed E-state index contributed by atoms with van der Waals surface area (Å²) >= 11 is 3.36. The Kier molecular flexibility index (Phi) is 4.97. The molecule has 0 heterocycles. The van der Waals surface area contributed by atoms with Gasteiger partial charge in [0.1, 0.15) is 12.4 Å². The van der Waals surface area contributed by atoms with Crippen LogP contribution in [0.2, 0.25) is 0 Å². The third-order valence-electron chi connectivity index (χ3n) is 2.17. The van der Waals surface area contributed by atoms with Crippen LogP contribution in [0.5, 0.6) is 5.75 Å². The third-order valence-corrected chi connectivity index (χ3v) is 3.58. The van der Waals surface area contributed by atoms with E-state index < -0.39 is 9.84 Å². The van der Waals surface area contributed by atoms with Gasteiger partial charge in [0.15, 0.2) is 9.84 Å². The molecule has 0 aliphatic rings. The molecule has 1 aromatic carbocycles. The molecule has 0 aliphatic heterocycles. The van der Waals surface area contributed by atoms with Gasteiger partial charge in [-0.2, -0.15) is 0 Å². The number of sulfone groups is 1. The molecule has 0 fully saturated rings. The van der Waals surface area contributed by atoms with E-state index in [1.807, 2.05) is 19.1 Å². The van der Waals surface area contributed by atoms with Crippen LogP contribution >= 0.6 is 15.9 Å². The van der Waals surface area contributed by atoms with Crippen LogP contribution in [-0.2, 0) is 9.84 Å². The molecular weight excluding hydrogens is 306 g/mol. The standard InChI is InChI=1S/C11H16BrNO3S/c1-8(13)10-7-9(12)3-4-11(10)16-5-6-17(2,14)15/h3-4,7-8H,5-6,13H2,1-2H3/t8-/m1/s1. The monoisotopic (exact) mass is 321 g/mol. The lowest BCUT2D eigenvalue weighted by Crippen LogP contribution is -2.14. The van der Waals surface area contributed by atoms with E-state index in [-0.39, 0.29) is 18.4 Å². The summed E-state index contributed by atoms with van der Waals surface area (Å²) in [5.41, 5.74) is 6.68. The number of ether oxygens (including phenoxy) is 1. The Balaban J connectivity index is 2.77. The summed E-state index contributed by atoms with van der Waals surface area (Å²) in [6.45, 7) is 1.99. The molecule has 17 heavy (non-hydrogen) atoms. The Bertz CT molecular complexity index is 485. The number of halogens is 1. The molecule has 2 N–H and O–H groups in total. The third kappa shape index (κ3) is 5.06. The summed E-state index contributed by atoms with van der Waals surface area (Å²) in [7, 11) is -3.00. The Labute approximate surface area is 110 Å². The molecule has 1 atom stereocenters. The van der Waals surface area contributed by atoms with Gasteiger partial charge in [-0.25, -0.2) is 8.42 Å². The minimum atomic E-state index is -3.00. The van der Waals surface area contributed by atoms with Crippen LogP contribution in [-0.4, -0.2) is 27.0 Å². The van der Waals surface area contributed by atoms with Gasteiger partial charge in [-0.05, 0) is 25.1 Å². The van der Waals surface area contributed by atoms with Crippen molar-refractivity contribution >= 4 is 25.8 Å². The molecule has 1 rings (SSSR count). The Morgan fingerprint density at radius 2 is 2.12 bits per heavy atom. The maximum absolute atomic E-state index is 11.0. The first kappa shape index (κ1) is 14.5. The maximum Gasteiger partial charge on any atom is 0.150 e. The molecule has 0 spiro atoms. The average molecular weight is 322 g/mol. The fraction of sp³-hybridized carbons (Fsp3) is 0.455. The highest BCUT2D eigenvalue weighted by molar-refractivity contribution is 9.10. The highest BCUT2D eigenvalue weighted by atomic mass is 79.9. The smallest absolute Gasteiger partial charge is 0.150 e. The first-order chi connectivity index (χ1) is 7.79. The van der Waals surface area contributed by atoms with E-state index in [0.717, 1.165) is 10.0 Å². The molecule has 0 aromatic heterocycles. The molecule has 0 unspecified atom stereocenters. The zero-order valence-electron chi connectivity index (χ0n) is 9.81. The van der Waals surface area contributed by atoms with Crippen molar-refractivity contribution in [1.29, 1.82) is 0 Å². The Morgan fingerprint density at radius 3 is 2.65 bits per heavy atom. The fourth-order valence-corrected chi connectivity index (χ4v) is 2.07. The van der Waals surface area contributed by atoms with Crippen LogP contribution in [0.25, 0.3) is 0 Å². The molecule has 96 valence electrons. The van der Waals surface area contributed by atoms with Crippen LogP contribution < -0.4 is 10.5 Å². The fourth-order valence-electron chi connectivity index (χ4n) is 1.31. The summed E-state index contributed by atoms with van der Waals surface area (Å²) in [5, 5.41) is 0. The van der Waals surface area contributed by atoms with E-state index in [4.69, 9.17) is 10.5 Å². The second kappa shape index (κ2) is 5.84. The van der Waals surface area contributed by atoms with Crippen molar-refractivity contribution in [2.24, 2.45) is 5.73 Å². The summed E-state index contributed by atoms with van der Waals surface area (Å²) < 4.78 is 28.3. The molecule has 6 heteroatoms. The molecule has 0 radical (unpaired) electrons. The lowest BCUT2D eigenvalue weighted by molar-refractivity contribution is 0.335. The summed E-state index contributed by atoms with van der Waals surface area (Å²) in [6.07, 6.45) is 1.18. The minimum Gasteiger partial charge on any atom is -0.492 e. The maximum atomic E-state index is 11.0. The van der Waals surface area contributed by atoms with Gasteiger partial charge in [-0.15, -0.1) is 0 Å². The number of hydrogen-bond donors (Lipinski definition) is 1. The van der Waals surface area contributed by atoms with Gasteiger partial charge in [-0.3, -0.25) is 0 Å². The van der Waals surface area contributed by atoms with E-state index in [1.165, 1.54) is 6.26 Å². The van der Waals surface area contributed by atoms with Crippen molar-refractivity contribution in [3.8, 4) is 5.75 Å². The van der Waals surface area contributed by atoms with Gasteiger partial charge in [0.05, 0.1) is 5.75 Å². The van der Waals surface area contributed by atoms with Gasteiger partial charge < -0.3 is 10.5 Å². The predicted molar refractivity (Wildman–Crippen MR) is 72.0 cm³/mol. The quantitative estimate of drug-likeness (QED) is 0.899.